The van der Waals surface area contributed by atoms with Gasteiger partial charge in [-0.2, -0.15) is 0 Å². The van der Waals surface area contributed by atoms with Crippen molar-refractivity contribution in [1.82, 2.24) is 15.3 Å². The normalized spacial score (nSPS) is 13.4. The molecule has 1 aromatic carbocycles. The van der Waals surface area contributed by atoms with E-state index in [1.165, 1.54) is 4.90 Å². The highest BCUT2D eigenvalue weighted by Crippen LogP contribution is 2.33. The second-order valence-electron chi connectivity index (χ2n) is 6.27. The predicted molar refractivity (Wildman–Crippen MR) is 107 cm³/mol. The van der Waals surface area contributed by atoms with Gasteiger partial charge < -0.3 is 10.1 Å². The number of hydrazine groups is 1. The van der Waals surface area contributed by atoms with Crippen LogP contribution in [-0.4, -0.2) is 48.7 Å². The number of methoxy groups -OCH3 is 1. The standard InChI is InChI=1S/C20H25N5O3/c1-4-24-19-17(10-7-11-21-19)23(20(27)25(24)5-2)14-18(26)22-13-15-8-6-9-16(12-15)28-3/h6-12H,4-5,13-14H2,1-3H3,(H,22,26). The summed E-state index contributed by atoms with van der Waals surface area (Å²) in [7, 11) is 1.60. The lowest BCUT2D eigenvalue weighted by Gasteiger charge is -2.43. The Hall–Kier alpha value is -3.29. The Morgan fingerprint density at radius 2 is 1.93 bits per heavy atom. The first kappa shape index (κ1) is 19.5. The van der Waals surface area contributed by atoms with Crippen molar-refractivity contribution in [2.75, 3.05) is 36.7 Å². The summed E-state index contributed by atoms with van der Waals surface area (Å²) in [6, 6.07) is 10.8. The van der Waals surface area contributed by atoms with Gasteiger partial charge in [-0.25, -0.2) is 14.8 Å². The zero-order valence-corrected chi connectivity index (χ0v) is 16.4. The summed E-state index contributed by atoms with van der Waals surface area (Å²) in [4.78, 5) is 31.4. The van der Waals surface area contributed by atoms with Gasteiger partial charge in [-0.3, -0.25) is 14.7 Å². The first-order valence-corrected chi connectivity index (χ1v) is 9.30. The number of nitrogens with one attached hydrogen (secondary N) is 1. The maximum absolute atomic E-state index is 13.0. The number of urea groups is 1. The van der Waals surface area contributed by atoms with Gasteiger partial charge in [-0.15, -0.1) is 0 Å². The monoisotopic (exact) mass is 383 g/mol. The maximum Gasteiger partial charge on any atom is 0.343 e. The van der Waals surface area contributed by atoms with Gasteiger partial charge in [0.05, 0.1) is 12.8 Å². The number of pyridine rings is 1. The van der Waals surface area contributed by atoms with Crippen LogP contribution in [0.5, 0.6) is 5.75 Å². The van der Waals surface area contributed by atoms with Gasteiger partial charge in [0.1, 0.15) is 12.3 Å². The predicted octanol–water partition coefficient (Wildman–Crippen LogP) is 2.41. The molecule has 1 aromatic heterocycles. The fourth-order valence-electron chi connectivity index (χ4n) is 3.22. The summed E-state index contributed by atoms with van der Waals surface area (Å²) in [5.74, 6) is 1.16. The summed E-state index contributed by atoms with van der Waals surface area (Å²) < 4.78 is 5.20. The molecule has 8 nitrogen and oxygen atoms in total. The van der Waals surface area contributed by atoms with Gasteiger partial charge in [0.2, 0.25) is 5.91 Å². The number of rotatable bonds is 7. The van der Waals surface area contributed by atoms with E-state index in [1.54, 1.807) is 24.4 Å². The van der Waals surface area contributed by atoms with Gasteiger partial charge in [0.15, 0.2) is 5.82 Å². The average Bonchev–Trinajstić information content (AvgIpc) is 2.73. The van der Waals surface area contributed by atoms with E-state index in [0.717, 1.165) is 11.3 Å². The molecule has 0 atom stereocenters. The highest BCUT2D eigenvalue weighted by atomic mass is 16.5. The molecular weight excluding hydrogens is 358 g/mol. The molecule has 8 heteroatoms. The Labute approximate surface area is 164 Å². The molecule has 0 saturated carbocycles. The number of carbonyl (C=O) groups excluding carboxylic acids is 2. The Bertz CT molecular complexity index is 857. The van der Waals surface area contributed by atoms with E-state index in [9.17, 15) is 9.59 Å². The van der Waals surface area contributed by atoms with E-state index in [4.69, 9.17) is 4.74 Å². The lowest BCUT2D eigenvalue weighted by Crippen LogP contribution is -2.58. The molecule has 0 saturated heterocycles. The lowest BCUT2D eigenvalue weighted by molar-refractivity contribution is -0.119. The molecule has 3 amide bonds. The number of nitrogens with zero attached hydrogens (tertiary/aromatic N) is 4. The quantitative estimate of drug-likeness (QED) is 0.794. The zero-order valence-electron chi connectivity index (χ0n) is 16.4. The van der Waals surface area contributed by atoms with Crippen molar-refractivity contribution in [1.29, 1.82) is 0 Å². The van der Waals surface area contributed by atoms with Crippen molar-refractivity contribution in [3.05, 3.63) is 48.2 Å². The van der Waals surface area contributed by atoms with E-state index in [0.29, 0.717) is 31.1 Å². The summed E-state index contributed by atoms with van der Waals surface area (Å²) >= 11 is 0. The Kier molecular flexibility index (Phi) is 5.98. The Morgan fingerprint density at radius 3 is 2.64 bits per heavy atom. The molecule has 3 rings (SSSR count). The Morgan fingerprint density at radius 1 is 1.14 bits per heavy atom. The van der Waals surface area contributed by atoms with E-state index < -0.39 is 0 Å². The van der Waals surface area contributed by atoms with Crippen LogP contribution in [0.1, 0.15) is 19.4 Å². The minimum absolute atomic E-state index is 0.0739. The summed E-state index contributed by atoms with van der Waals surface area (Å²) in [6.07, 6.45) is 1.69. The van der Waals surface area contributed by atoms with Crippen molar-refractivity contribution in [3.63, 3.8) is 0 Å². The number of hydrogen-bond donors (Lipinski definition) is 1. The molecule has 0 radical (unpaired) electrons. The fourth-order valence-corrected chi connectivity index (χ4v) is 3.22. The van der Waals surface area contributed by atoms with Gasteiger partial charge in [0, 0.05) is 25.8 Å². The average molecular weight is 383 g/mol. The van der Waals surface area contributed by atoms with E-state index >= 15 is 0 Å². The van der Waals surface area contributed by atoms with Crippen LogP contribution in [0.15, 0.2) is 42.6 Å². The third kappa shape index (κ3) is 3.85. The molecule has 28 heavy (non-hydrogen) atoms. The van der Waals surface area contributed by atoms with Crippen molar-refractivity contribution >= 4 is 23.4 Å². The van der Waals surface area contributed by atoms with Crippen LogP contribution in [0.3, 0.4) is 0 Å². The van der Waals surface area contributed by atoms with Crippen molar-refractivity contribution in [2.24, 2.45) is 0 Å². The van der Waals surface area contributed by atoms with Crippen LogP contribution in [0.4, 0.5) is 16.3 Å². The number of fused-ring (bicyclic) bond motifs is 1. The van der Waals surface area contributed by atoms with Crippen molar-refractivity contribution in [3.8, 4) is 5.75 Å². The van der Waals surface area contributed by atoms with Crippen molar-refractivity contribution in [2.45, 2.75) is 20.4 Å². The van der Waals surface area contributed by atoms with Gasteiger partial charge in [0.25, 0.3) is 0 Å². The molecule has 2 heterocycles. The minimum atomic E-state index is -0.244. The number of hydrogen-bond acceptors (Lipinski definition) is 5. The number of anilines is 2. The molecule has 1 aliphatic rings. The van der Waals surface area contributed by atoms with Gasteiger partial charge >= 0.3 is 6.03 Å². The SMILES string of the molecule is CCN1C(=O)N(CC(=O)NCc2cccc(OC)c2)c2cccnc2N1CC. The smallest absolute Gasteiger partial charge is 0.343 e. The molecular formula is C20H25N5O3. The van der Waals surface area contributed by atoms with Crippen LogP contribution in [0, 0.1) is 0 Å². The van der Waals surface area contributed by atoms with Crippen LogP contribution in [0.25, 0.3) is 0 Å². The highest BCUT2D eigenvalue weighted by Gasteiger charge is 2.36. The molecule has 148 valence electrons. The summed E-state index contributed by atoms with van der Waals surface area (Å²) in [5.41, 5.74) is 1.56. The third-order valence-corrected chi connectivity index (χ3v) is 4.57. The molecule has 0 aliphatic carbocycles. The van der Waals surface area contributed by atoms with Crippen LogP contribution in [-0.2, 0) is 11.3 Å². The van der Waals surface area contributed by atoms with Crippen LogP contribution in [0.2, 0.25) is 0 Å². The molecule has 0 unspecified atom stereocenters. The van der Waals surface area contributed by atoms with E-state index in [-0.39, 0.29) is 18.5 Å². The molecule has 0 fully saturated rings. The molecule has 0 spiro atoms. The lowest BCUT2D eigenvalue weighted by atomic mass is 10.2. The Balaban J connectivity index is 1.74. The largest absolute Gasteiger partial charge is 0.497 e. The van der Waals surface area contributed by atoms with Gasteiger partial charge in [-0.05, 0) is 43.7 Å². The maximum atomic E-state index is 13.0. The number of benzene rings is 1. The molecule has 1 aliphatic heterocycles. The van der Waals surface area contributed by atoms with E-state index in [1.807, 2.05) is 49.2 Å². The van der Waals surface area contributed by atoms with Crippen LogP contribution >= 0.6 is 0 Å². The first-order chi connectivity index (χ1) is 13.6. The van der Waals surface area contributed by atoms with E-state index in [2.05, 4.69) is 10.3 Å². The number of carbonyl (C=O) groups is 2. The zero-order chi connectivity index (χ0) is 20.1. The highest BCUT2D eigenvalue weighted by molar-refractivity contribution is 6.03. The minimum Gasteiger partial charge on any atom is -0.497 e. The fraction of sp³-hybridized carbons (Fsp3) is 0.350. The van der Waals surface area contributed by atoms with Crippen molar-refractivity contribution < 1.29 is 14.3 Å². The summed E-state index contributed by atoms with van der Waals surface area (Å²) in [5, 5.41) is 6.30. The molecule has 2 aromatic rings. The number of ether oxygens (including phenoxy) is 1. The second-order valence-corrected chi connectivity index (χ2v) is 6.27. The number of aromatic nitrogens is 1. The van der Waals surface area contributed by atoms with Gasteiger partial charge in [-0.1, -0.05) is 12.1 Å². The number of amides is 3. The molecule has 0 bridgehead atoms. The second kappa shape index (κ2) is 8.60. The first-order valence-electron chi connectivity index (χ1n) is 9.30. The topological polar surface area (TPSA) is 78.0 Å². The molecule has 1 N–H and O–H groups in total. The summed E-state index contributed by atoms with van der Waals surface area (Å²) in [6.45, 7) is 5.25. The third-order valence-electron chi connectivity index (χ3n) is 4.57. The van der Waals surface area contributed by atoms with Crippen LogP contribution < -0.4 is 20.0 Å².